The first-order chi connectivity index (χ1) is 13.0. The summed E-state index contributed by atoms with van der Waals surface area (Å²) in [5, 5.41) is 4.97. The zero-order valence-corrected chi connectivity index (χ0v) is 15.3. The van der Waals surface area contributed by atoms with Gasteiger partial charge in [-0.1, -0.05) is 29.3 Å². The summed E-state index contributed by atoms with van der Waals surface area (Å²) >= 11 is 12.4. The van der Waals surface area contributed by atoms with Crippen LogP contribution in [0.5, 0.6) is 0 Å². The lowest BCUT2D eigenvalue weighted by atomic mass is 10.2. The molecule has 0 fully saturated rings. The maximum Gasteiger partial charge on any atom is 0.266 e. The standard InChI is InChI=1S/C20H12Cl2FN3O/c21-15-2-1-3-16(22)18(15)25-19-17-12(8-10-24-19)9-11-26(20(17)27)14-6-4-13(23)5-7-14/h1-11H,(H,24,25). The van der Waals surface area contributed by atoms with E-state index in [1.807, 2.05) is 0 Å². The van der Waals surface area contributed by atoms with Gasteiger partial charge < -0.3 is 5.32 Å². The third-order valence-electron chi connectivity index (χ3n) is 4.13. The second-order valence-electron chi connectivity index (χ2n) is 5.81. The maximum absolute atomic E-state index is 13.2. The van der Waals surface area contributed by atoms with E-state index in [4.69, 9.17) is 23.2 Å². The summed E-state index contributed by atoms with van der Waals surface area (Å²) in [5.41, 5.74) is 0.726. The molecule has 0 bridgehead atoms. The first-order valence-electron chi connectivity index (χ1n) is 8.02. The Morgan fingerprint density at radius 2 is 1.67 bits per heavy atom. The van der Waals surface area contributed by atoms with Gasteiger partial charge in [0.15, 0.2) is 0 Å². The number of halogens is 3. The number of rotatable bonds is 3. The zero-order chi connectivity index (χ0) is 19.0. The lowest BCUT2D eigenvalue weighted by Gasteiger charge is -2.13. The molecule has 7 heteroatoms. The molecule has 2 aromatic heterocycles. The molecule has 0 unspecified atom stereocenters. The molecule has 0 radical (unpaired) electrons. The highest BCUT2D eigenvalue weighted by Gasteiger charge is 2.13. The molecule has 4 rings (SSSR count). The molecular formula is C20H12Cl2FN3O. The van der Waals surface area contributed by atoms with E-state index in [1.54, 1.807) is 42.7 Å². The van der Waals surface area contributed by atoms with Crippen molar-refractivity contribution in [3.63, 3.8) is 0 Å². The Bertz CT molecular complexity index is 1190. The Balaban J connectivity index is 1.91. The normalized spacial score (nSPS) is 10.9. The minimum absolute atomic E-state index is 0.294. The third-order valence-corrected chi connectivity index (χ3v) is 4.76. The van der Waals surface area contributed by atoms with Crippen LogP contribution in [0.15, 0.2) is 71.8 Å². The Morgan fingerprint density at radius 1 is 0.963 bits per heavy atom. The fraction of sp³-hybridized carbons (Fsp3) is 0. The second kappa shape index (κ2) is 7.02. The van der Waals surface area contributed by atoms with Crippen molar-refractivity contribution in [3.8, 4) is 5.69 Å². The summed E-state index contributed by atoms with van der Waals surface area (Å²) < 4.78 is 14.6. The molecule has 0 aliphatic heterocycles. The number of benzene rings is 2. The van der Waals surface area contributed by atoms with Gasteiger partial charge in [0.05, 0.1) is 21.1 Å². The van der Waals surface area contributed by atoms with E-state index in [9.17, 15) is 9.18 Å². The fourth-order valence-electron chi connectivity index (χ4n) is 2.82. The first-order valence-corrected chi connectivity index (χ1v) is 8.77. The number of pyridine rings is 2. The Morgan fingerprint density at radius 3 is 2.37 bits per heavy atom. The number of anilines is 2. The molecule has 0 aliphatic rings. The molecule has 2 heterocycles. The van der Waals surface area contributed by atoms with Crippen molar-refractivity contribution in [3.05, 3.63) is 93.2 Å². The molecule has 4 nitrogen and oxygen atoms in total. The molecule has 0 saturated heterocycles. The minimum Gasteiger partial charge on any atom is -0.337 e. The van der Waals surface area contributed by atoms with Gasteiger partial charge in [-0.25, -0.2) is 9.37 Å². The van der Waals surface area contributed by atoms with Gasteiger partial charge in [0.2, 0.25) is 0 Å². The van der Waals surface area contributed by atoms with Crippen LogP contribution in [0, 0.1) is 5.82 Å². The van der Waals surface area contributed by atoms with Crippen LogP contribution in [-0.2, 0) is 0 Å². The molecule has 1 N–H and O–H groups in total. The molecule has 0 saturated carbocycles. The van der Waals surface area contributed by atoms with Crippen LogP contribution in [0.1, 0.15) is 0 Å². The van der Waals surface area contributed by atoms with Crippen LogP contribution in [0.2, 0.25) is 10.0 Å². The van der Waals surface area contributed by atoms with E-state index in [0.29, 0.717) is 38.0 Å². The van der Waals surface area contributed by atoms with E-state index in [1.165, 1.54) is 28.8 Å². The van der Waals surface area contributed by atoms with Crippen LogP contribution >= 0.6 is 23.2 Å². The largest absolute Gasteiger partial charge is 0.337 e. The Kier molecular flexibility index (Phi) is 4.56. The highest BCUT2D eigenvalue weighted by Crippen LogP contribution is 2.33. The summed E-state index contributed by atoms with van der Waals surface area (Å²) in [6.07, 6.45) is 3.24. The number of nitrogens with one attached hydrogen (secondary N) is 1. The predicted molar refractivity (Wildman–Crippen MR) is 107 cm³/mol. The average molecular weight is 400 g/mol. The van der Waals surface area contributed by atoms with Crippen LogP contribution < -0.4 is 10.9 Å². The fourth-order valence-corrected chi connectivity index (χ4v) is 3.31. The van der Waals surface area contributed by atoms with Gasteiger partial charge in [0.1, 0.15) is 11.6 Å². The third kappa shape index (κ3) is 3.27. The summed E-state index contributed by atoms with van der Waals surface area (Å²) in [6.45, 7) is 0. The van der Waals surface area contributed by atoms with Crippen molar-refractivity contribution in [1.29, 1.82) is 0 Å². The average Bonchev–Trinajstić information content (AvgIpc) is 2.66. The predicted octanol–water partition coefficient (Wildman–Crippen LogP) is 5.58. The van der Waals surface area contributed by atoms with E-state index < -0.39 is 0 Å². The quantitative estimate of drug-likeness (QED) is 0.489. The Labute approximate surface area is 163 Å². The topological polar surface area (TPSA) is 46.9 Å². The number of hydrogen-bond donors (Lipinski definition) is 1. The smallest absolute Gasteiger partial charge is 0.266 e. The molecular weight excluding hydrogens is 388 g/mol. The van der Waals surface area contributed by atoms with Crippen LogP contribution in [0.3, 0.4) is 0 Å². The number of hydrogen-bond acceptors (Lipinski definition) is 3. The monoisotopic (exact) mass is 399 g/mol. The van der Waals surface area contributed by atoms with Crippen LogP contribution in [0.25, 0.3) is 16.5 Å². The molecule has 0 amide bonds. The van der Waals surface area contributed by atoms with Gasteiger partial charge in [-0.15, -0.1) is 0 Å². The van der Waals surface area contributed by atoms with E-state index in [0.717, 1.165) is 0 Å². The van der Waals surface area contributed by atoms with Crippen molar-refractivity contribution in [1.82, 2.24) is 9.55 Å². The summed E-state index contributed by atoms with van der Waals surface area (Å²) in [7, 11) is 0. The van der Waals surface area contributed by atoms with Crippen LogP contribution in [0.4, 0.5) is 15.9 Å². The number of aromatic nitrogens is 2. The van der Waals surface area contributed by atoms with Gasteiger partial charge >= 0.3 is 0 Å². The summed E-state index contributed by atoms with van der Waals surface area (Å²) in [4.78, 5) is 17.4. The lowest BCUT2D eigenvalue weighted by Crippen LogP contribution is -2.19. The molecule has 134 valence electrons. The van der Waals surface area contributed by atoms with Gasteiger partial charge in [0, 0.05) is 18.1 Å². The lowest BCUT2D eigenvalue weighted by molar-refractivity contribution is 0.627. The highest BCUT2D eigenvalue weighted by atomic mass is 35.5. The van der Waals surface area contributed by atoms with E-state index in [2.05, 4.69) is 10.3 Å². The molecule has 0 spiro atoms. The molecule has 27 heavy (non-hydrogen) atoms. The van der Waals surface area contributed by atoms with Crippen molar-refractivity contribution in [2.75, 3.05) is 5.32 Å². The van der Waals surface area contributed by atoms with Gasteiger partial charge in [-0.3, -0.25) is 9.36 Å². The van der Waals surface area contributed by atoms with Crippen molar-refractivity contribution in [2.24, 2.45) is 0 Å². The van der Waals surface area contributed by atoms with Crippen molar-refractivity contribution < 1.29 is 4.39 Å². The van der Waals surface area contributed by atoms with Crippen molar-refractivity contribution >= 4 is 45.5 Å². The first kappa shape index (κ1) is 17.5. The maximum atomic E-state index is 13.2. The van der Waals surface area contributed by atoms with E-state index >= 15 is 0 Å². The number of nitrogens with zero attached hydrogens (tertiary/aromatic N) is 2. The summed E-state index contributed by atoms with van der Waals surface area (Å²) in [6, 6.07) is 14.3. The van der Waals surface area contributed by atoms with Crippen LogP contribution in [-0.4, -0.2) is 9.55 Å². The molecule has 2 aromatic carbocycles. The minimum atomic E-state index is -0.370. The summed E-state index contributed by atoms with van der Waals surface area (Å²) in [5.74, 6) is -0.0334. The van der Waals surface area contributed by atoms with Gasteiger partial charge in [-0.05, 0) is 53.9 Å². The van der Waals surface area contributed by atoms with Crippen molar-refractivity contribution in [2.45, 2.75) is 0 Å². The SMILES string of the molecule is O=c1c2c(Nc3c(Cl)cccc3Cl)nccc2ccn1-c1ccc(F)cc1. The van der Waals surface area contributed by atoms with Gasteiger partial charge in [0.25, 0.3) is 5.56 Å². The highest BCUT2D eigenvalue weighted by molar-refractivity contribution is 6.39. The Hall–Kier alpha value is -2.89. The molecule has 0 aliphatic carbocycles. The van der Waals surface area contributed by atoms with E-state index in [-0.39, 0.29) is 11.4 Å². The molecule has 4 aromatic rings. The van der Waals surface area contributed by atoms with Gasteiger partial charge in [-0.2, -0.15) is 0 Å². The zero-order valence-electron chi connectivity index (χ0n) is 13.8. The second-order valence-corrected chi connectivity index (χ2v) is 6.63. The number of fused-ring (bicyclic) bond motifs is 1. The number of para-hydroxylation sites is 1. The molecule has 0 atom stereocenters.